The molecule has 1 heterocycles. The van der Waals surface area contributed by atoms with E-state index >= 15 is 0 Å². The van der Waals surface area contributed by atoms with Crippen molar-refractivity contribution < 1.29 is 9.13 Å². The average molecular weight is 282 g/mol. The number of hydrogen-bond acceptors (Lipinski definition) is 3. The fourth-order valence-corrected chi connectivity index (χ4v) is 2.26. The minimum absolute atomic E-state index is 0.251. The van der Waals surface area contributed by atoms with E-state index < -0.39 is 0 Å². The molecule has 3 nitrogen and oxygen atoms in total. The highest BCUT2D eigenvalue weighted by atomic mass is 19.1. The monoisotopic (exact) mass is 282 g/mol. The Bertz CT molecular complexity index is 802. The molecule has 21 heavy (non-hydrogen) atoms. The Morgan fingerprint density at radius 1 is 1.14 bits per heavy atom. The van der Waals surface area contributed by atoms with Gasteiger partial charge in [-0.1, -0.05) is 18.2 Å². The molecule has 3 aromatic rings. The predicted octanol–water partition coefficient (Wildman–Crippen LogP) is 3.93. The van der Waals surface area contributed by atoms with E-state index in [1.807, 2.05) is 24.3 Å². The number of pyridine rings is 1. The summed E-state index contributed by atoms with van der Waals surface area (Å²) in [6.07, 6.45) is 1.72. The molecule has 0 aliphatic carbocycles. The zero-order chi connectivity index (χ0) is 14.8. The highest BCUT2D eigenvalue weighted by Gasteiger charge is 2.09. The van der Waals surface area contributed by atoms with E-state index in [1.54, 1.807) is 25.3 Å². The second-order valence-electron chi connectivity index (χ2n) is 4.85. The van der Waals surface area contributed by atoms with E-state index in [-0.39, 0.29) is 5.82 Å². The normalized spacial score (nSPS) is 10.8. The quantitative estimate of drug-likeness (QED) is 0.791. The summed E-state index contributed by atoms with van der Waals surface area (Å²) < 4.78 is 19.1. The number of fused-ring (bicyclic) bond motifs is 1. The maximum atomic E-state index is 13.3. The molecule has 3 rings (SSSR count). The molecular weight excluding hydrogens is 267 g/mol. The zero-order valence-electron chi connectivity index (χ0n) is 11.6. The first-order chi connectivity index (χ1) is 10.2. The molecule has 0 amide bonds. The molecule has 4 heteroatoms. The van der Waals surface area contributed by atoms with Crippen LogP contribution in [0, 0.1) is 12.7 Å². The molecule has 106 valence electrons. The number of ether oxygens (including phenoxy) is 1. The van der Waals surface area contributed by atoms with E-state index in [0.717, 1.165) is 16.3 Å². The molecule has 0 bridgehead atoms. The summed E-state index contributed by atoms with van der Waals surface area (Å²) in [6, 6.07) is 12.4. The van der Waals surface area contributed by atoms with Crippen LogP contribution < -0.4 is 10.5 Å². The van der Waals surface area contributed by atoms with Crippen molar-refractivity contribution in [2.75, 3.05) is 0 Å². The minimum Gasteiger partial charge on any atom is -0.438 e. The SMILES string of the molecule is Cc1cc(Oc2ncc(CN)c3ccccc23)ccc1F. The smallest absolute Gasteiger partial charge is 0.227 e. The summed E-state index contributed by atoms with van der Waals surface area (Å²) in [4.78, 5) is 4.33. The van der Waals surface area contributed by atoms with Crippen molar-refractivity contribution in [1.29, 1.82) is 0 Å². The van der Waals surface area contributed by atoms with Crippen molar-refractivity contribution >= 4 is 10.8 Å². The molecule has 0 radical (unpaired) electrons. The van der Waals surface area contributed by atoms with Crippen LogP contribution in [-0.4, -0.2) is 4.98 Å². The summed E-state index contributed by atoms with van der Waals surface area (Å²) in [6.45, 7) is 2.12. The first-order valence-corrected chi connectivity index (χ1v) is 6.69. The lowest BCUT2D eigenvalue weighted by Gasteiger charge is -2.11. The van der Waals surface area contributed by atoms with Crippen LogP contribution in [0.3, 0.4) is 0 Å². The number of aromatic nitrogens is 1. The molecule has 0 aliphatic rings. The van der Waals surface area contributed by atoms with Crippen molar-refractivity contribution in [2.24, 2.45) is 5.73 Å². The Balaban J connectivity index is 2.06. The van der Waals surface area contributed by atoms with Gasteiger partial charge in [0.15, 0.2) is 0 Å². The molecule has 0 aliphatic heterocycles. The number of nitrogens with two attached hydrogens (primary N) is 1. The van der Waals surface area contributed by atoms with Crippen LogP contribution in [0.2, 0.25) is 0 Å². The Hall–Kier alpha value is -2.46. The van der Waals surface area contributed by atoms with Crippen LogP contribution in [0.25, 0.3) is 10.8 Å². The maximum Gasteiger partial charge on any atom is 0.227 e. The van der Waals surface area contributed by atoms with Gasteiger partial charge in [-0.2, -0.15) is 0 Å². The number of aryl methyl sites for hydroxylation is 1. The lowest BCUT2D eigenvalue weighted by atomic mass is 10.1. The van der Waals surface area contributed by atoms with E-state index in [0.29, 0.717) is 23.7 Å². The van der Waals surface area contributed by atoms with Crippen LogP contribution in [-0.2, 0) is 6.54 Å². The number of halogens is 1. The van der Waals surface area contributed by atoms with Crippen LogP contribution in [0.15, 0.2) is 48.7 Å². The Morgan fingerprint density at radius 2 is 1.90 bits per heavy atom. The van der Waals surface area contributed by atoms with Gasteiger partial charge in [0.2, 0.25) is 5.88 Å². The summed E-state index contributed by atoms with van der Waals surface area (Å²) in [5.41, 5.74) is 7.24. The van der Waals surface area contributed by atoms with Crippen LogP contribution in [0.1, 0.15) is 11.1 Å². The fraction of sp³-hybridized carbons (Fsp3) is 0.118. The van der Waals surface area contributed by atoms with E-state index in [1.165, 1.54) is 6.07 Å². The molecule has 0 saturated heterocycles. The Kier molecular flexibility index (Phi) is 3.54. The van der Waals surface area contributed by atoms with E-state index in [2.05, 4.69) is 4.98 Å². The van der Waals surface area contributed by atoms with Crippen LogP contribution >= 0.6 is 0 Å². The van der Waals surface area contributed by atoms with Crippen molar-refractivity contribution in [3.63, 3.8) is 0 Å². The summed E-state index contributed by atoms with van der Waals surface area (Å²) in [7, 11) is 0. The third kappa shape index (κ3) is 2.58. The minimum atomic E-state index is -0.251. The fourth-order valence-electron chi connectivity index (χ4n) is 2.26. The van der Waals surface area contributed by atoms with Crippen molar-refractivity contribution in [3.05, 3.63) is 65.6 Å². The average Bonchev–Trinajstić information content (AvgIpc) is 2.51. The number of nitrogens with zero attached hydrogens (tertiary/aromatic N) is 1. The van der Waals surface area contributed by atoms with E-state index in [4.69, 9.17) is 10.5 Å². The molecule has 2 aromatic carbocycles. The third-order valence-corrected chi connectivity index (χ3v) is 3.40. The van der Waals surface area contributed by atoms with Crippen LogP contribution in [0.5, 0.6) is 11.6 Å². The van der Waals surface area contributed by atoms with Gasteiger partial charge in [-0.3, -0.25) is 0 Å². The molecular formula is C17H15FN2O. The Labute approximate surface area is 122 Å². The second kappa shape index (κ2) is 5.50. The highest BCUT2D eigenvalue weighted by molar-refractivity contribution is 5.89. The molecule has 1 aromatic heterocycles. The molecule has 0 spiro atoms. The third-order valence-electron chi connectivity index (χ3n) is 3.40. The van der Waals surface area contributed by atoms with Gasteiger partial charge in [-0.25, -0.2) is 9.37 Å². The molecule has 0 unspecified atom stereocenters. The van der Waals surface area contributed by atoms with Crippen LogP contribution in [0.4, 0.5) is 4.39 Å². The largest absolute Gasteiger partial charge is 0.438 e. The number of hydrogen-bond donors (Lipinski definition) is 1. The van der Waals surface area contributed by atoms with Gasteiger partial charge < -0.3 is 10.5 Å². The van der Waals surface area contributed by atoms with Gasteiger partial charge in [0.1, 0.15) is 11.6 Å². The summed E-state index contributed by atoms with van der Waals surface area (Å²) in [5.74, 6) is 0.805. The predicted molar refractivity (Wildman–Crippen MR) is 80.8 cm³/mol. The Morgan fingerprint density at radius 3 is 2.62 bits per heavy atom. The molecule has 0 atom stereocenters. The van der Waals surface area contributed by atoms with Crippen molar-refractivity contribution in [1.82, 2.24) is 4.98 Å². The summed E-state index contributed by atoms with van der Waals surface area (Å²) >= 11 is 0. The standard InChI is InChI=1S/C17H15FN2O/c1-11-8-13(6-7-16(11)18)21-17-15-5-3-2-4-14(15)12(9-19)10-20-17/h2-8,10H,9,19H2,1H3. The maximum absolute atomic E-state index is 13.3. The zero-order valence-corrected chi connectivity index (χ0v) is 11.6. The van der Waals surface area contributed by atoms with Crippen molar-refractivity contribution in [2.45, 2.75) is 13.5 Å². The highest BCUT2D eigenvalue weighted by Crippen LogP contribution is 2.30. The molecule has 0 fully saturated rings. The first-order valence-electron chi connectivity index (χ1n) is 6.69. The first kappa shape index (κ1) is 13.5. The van der Waals surface area contributed by atoms with E-state index in [9.17, 15) is 4.39 Å². The van der Waals surface area contributed by atoms with Gasteiger partial charge in [0, 0.05) is 18.1 Å². The van der Waals surface area contributed by atoms with Gasteiger partial charge in [-0.15, -0.1) is 0 Å². The molecule has 0 saturated carbocycles. The topological polar surface area (TPSA) is 48.1 Å². The number of rotatable bonds is 3. The summed E-state index contributed by atoms with van der Waals surface area (Å²) in [5, 5.41) is 1.91. The number of benzene rings is 2. The van der Waals surface area contributed by atoms with Crippen molar-refractivity contribution in [3.8, 4) is 11.6 Å². The van der Waals surface area contributed by atoms with Gasteiger partial charge in [-0.05, 0) is 47.7 Å². The van der Waals surface area contributed by atoms with Gasteiger partial charge in [0.25, 0.3) is 0 Å². The lowest BCUT2D eigenvalue weighted by molar-refractivity contribution is 0.466. The lowest BCUT2D eigenvalue weighted by Crippen LogP contribution is -2.00. The molecule has 2 N–H and O–H groups in total. The van der Waals surface area contributed by atoms with Gasteiger partial charge in [0.05, 0.1) is 0 Å². The second-order valence-corrected chi connectivity index (χ2v) is 4.85. The van der Waals surface area contributed by atoms with Gasteiger partial charge >= 0.3 is 0 Å².